The van der Waals surface area contributed by atoms with E-state index in [1.54, 1.807) is 26.2 Å². The van der Waals surface area contributed by atoms with Crippen molar-refractivity contribution in [2.75, 3.05) is 20.3 Å². The minimum absolute atomic E-state index is 0.101. The molecular formula is C14H21ClN2O3. The van der Waals surface area contributed by atoms with Crippen molar-refractivity contribution in [1.82, 2.24) is 5.32 Å². The van der Waals surface area contributed by atoms with Crippen LogP contribution >= 0.6 is 11.6 Å². The molecule has 112 valence electrons. The van der Waals surface area contributed by atoms with Gasteiger partial charge in [-0.15, -0.1) is 0 Å². The predicted molar refractivity (Wildman–Crippen MR) is 79.0 cm³/mol. The highest BCUT2D eigenvalue weighted by molar-refractivity contribution is 6.32. The van der Waals surface area contributed by atoms with Gasteiger partial charge in [0.05, 0.1) is 11.6 Å². The first kappa shape index (κ1) is 16.8. The second-order valence-corrected chi connectivity index (χ2v) is 4.93. The fourth-order valence-electron chi connectivity index (χ4n) is 1.56. The van der Waals surface area contributed by atoms with Gasteiger partial charge in [0.15, 0.2) is 6.10 Å². The molecule has 0 saturated heterocycles. The molecule has 0 aliphatic carbocycles. The molecule has 0 heterocycles. The molecule has 1 rings (SSSR count). The van der Waals surface area contributed by atoms with Crippen molar-refractivity contribution >= 4 is 17.5 Å². The van der Waals surface area contributed by atoms with Gasteiger partial charge in [-0.1, -0.05) is 17.7 Å². The summed E-state index contributed by atoms with van der Waals surface area (Å²) in [5.41, 5.74) is 6.69. The number of carbonyl (C=O) groups is 1. The lowest BCUT2D eigenvalue weighted by atomic mass is 10.1. The molecule has 2 atom stereocenters. The van der Waals surface area contributed by atoms with Crippen molar-refractivity contribution in [3.05, 3.63) is 28.8 Å². The molecule has 6 heteroatoms. The van der Waals surface area contributed by atoms with Crippen molar-refractivity contribution < 1.29 is 14.3 Å². The summed E-state index contributed by atoms with van der Waals surface area (Å²) in [7, 11) is 1.58. The fraction of sp³-hybridized carbons (Fsp3) is 0.500. The Bertz CT molecular complexity index is 452. The van der Waals surface area contributed by atoms with E-state index in [0.29, 0.717) is 23.9 Å². The van der Waals surface area contributed by atoms with Gasteiger partial charge in [-0.25, -0.2) is 0 Å². The number of amides is 1. The Morgan fingerprint density at radius 2 is 2.15 bits per heavy atom. The Balaban J connectivity index is 2.61. The molecule has 0 radical (unpaired) electrons. The molecule has 0 aliphatic heterocycles. The fourth-order valence-corrected chi connectivity index (χ4v) is 1.79. The van der Waals surface area contributed by atoms with E-state index in [2.05, 4.69) is 5.32 Å². The van der Waals surface area contributed by atoms with E-state index in [1.165, 1.54) is 0 Å². The van der Waals surface area contributed by atoms with Gasteiger partial charge in [0, 0.05) is 19.7 Å². The number of hydrogen-bond acceptors (Lipinski definition) is 4. The normalized spacial score (nSPS) is 13.7. The summed E-state index contributed by atoms with van der Waals surface area (Å²) in [6.45, 7) is 4.44. The first-order chi connectivity index (χ1) is 9.45. The molecule has 0 fully saturated rings. The summed E-state index contributed by atoms with van der Waals surface area (Å²) in [6.07, 6.45) is -0.634. The second kappa shape index (κ2) is 8.09. The molecule has 3 N–H and O–H groups in total. The van der Waals surface area contributed by atoms with Crippen LogP contribution in [0.5, 0.6) is 5.75 Å². The van der Waals surface area contributed by atoms with Crippen molar-refractivity contribution in [1.29, 1.82) is 0 Å². The van der Waals surface area contributed by atoms with Crippen LogP contribution in [-0.4, -0.2) is 32.3 Å². The summed E-state index contributed by atoms with van der Waals surface area (Å²) >= 11 is 6.12. The van der Waals surface area contributed by atoms with E-state index in [1.807, 2.05) is 13.0 Å². The molecule has 1 aromatic rings. The van der Waals surface area contributed by atoms with E-state index >= 15 is 0 Å². The molecule has 5 nitrogen and oxygen atoms in total. The number of halogens is 1. The SMILES string of the molecule is COCCNC(=O)C(C)Oc1ccc(C(C)N)cc1Cl. The van der Waals surface area contributed by atoms with Crippen LogP contribution < -0.4 is 15.8 Å². The van der Waals surface area contributed by atoms with Gasteiger partial charge >= 0.3 is 0 Å². The Labute approximate surface area is 124 Å². The standard InChI is InChI=1S/C14H21ClN2O3/c1-9(16)11-4-5-13(12(15)8-11)20-10(2)14(18)17-6-7-19-3/h4-5,8-10H,6-7,16H2,1-3H3,(H,17,18). The first-order valence-electron chi connectivity index (χ1n) is 6.44. The van der Waals surface area contributed by atoms with Gasteiger partial charge in [0.25, 0.3) is 5.91 Å². The molecule has 2 unspecified atom stereocenters. The summed E-state index contributed by atoms with van der Waals surface area (Å²) < 4.78 is 10.4. The van der Waals surface area contributed by atoms with E-state index in [0.717, 1.165) is 5.56 Å². The third-order valence-corrected chi connectivity index (χ3v) is 3.06. The highest BCUT2D eigenvalue weighted by Gasteiger charge is 2.16. The number of nitrogens with one attached hydrogen (secondary N) is 1. The van der Waals surface area contributed by atoms with Crippen LogP contribution in [0.15, 0.2) is 18.2 Å². The largest absolute Gasteiger partial charge is 0.479 e. The number of methoxy groups -OCH3 is 1. The van der Waals surface area contributed by atoms with Crippen molar-refractivity contribution in [2.45, 2.75) is 26.0 Å². The lowest BCUT2D eigenvalue weighted by Gasteiger charge is -2.16. The van der Waals surface area contributed by atoms with Gasteiger partial charge in [0.1, 0.15) is 5.75 Å². The number of hydrogen-bond donors (Lipinski definition) is 2. The highest BCUT2D eigenvalue weighted by Crippen LogP contribution is 2.28. The number of carbonyl (C=O) groups excluding carboxylic acids is 1. The first-order valence-corrected chi connectivity index (χ1v) is 6.81. The minimum Gasteiger partial charge on any atom is -0.479 e. The quantitative estimate of drug-likeness (QED) is 0.754. The molecule has 0 saturated carbocycles. The average molecular weight is 301 g/mol. The van der Waals surface area contributed by atoms with E-state index < -0.39 is 6.10 Å². The zero-order valence-corrected chi connectivity index (χ0v) is 12.7. The minimum atomic E-state index is -0.634. The predicted octanol–water partition coefficient (Wildman–Crippen LogP) is 1.89. The van der Waals surface area contributed by atoms with Gasteiger partial charge in [0.2, 0.25) is 0 Å². The van der Waals surface area contributed by atoms with Crippen LogP contribution in [0.2, 0.25) is 5.02 Å². The molecule has 0 aliphatic rings. The van der Waals surface area contributed by atoms with Gasteiger partial charge < -0.3 is 20.5 Å². The molecule has 1 amide bonds. The summed E-state index contributed by atoms with van der Waals surface area (Å²) in [6, 6.07) is 5.20. The van der Waals surface area contributed by atoms with Gasteiger partial charge in [-0.2, -0.15) is 0 Å². The number of ether oxygens (including phenoxy) is 2. The number of benzene rings is 1. The van der Waals surface area contributed by atoms with Crippen LogP contribution in [0, 0.1) is 0 Å². The van der Waals surface area contributed by atoms with E-state index in [9.17, 15) is 4.79 Å². The summed E-state index contributed by atoms with van der Waals surface area (Å²) in [5.74, 6) is 0.250. The second-order valence-electron chi connectivity index (χ2n) is 4.52. The Hall–Kier alpha value is -1.30. The maximum atomic E-state index is 11.8. The van der Waals surface area contributed by atoms with Gasteiger partial charge in [-0.05, 0) is 31.5 Å². The molecule has 20 heavy (non-hydrogen) atoms. The topological polar surface area (TPSA) is 73.6 Å². The molecule has 1 aromatic carbocycles. The summed E-state index contributed by atoms with van der Waals surface area (Å²) in [5, 5.41) is 3.14. The third kappa shape index (κ3) is 5.00. The zero-order valence-electron chi connectivity index (χ0n) is 12.0. The molecular weight excluding hydrogens is 280 g/mol. The summed E-state index contributed by atoms with van der Waals surface area (Å²) in [4.78, 5) is 11.8. The highest BCUT2D eigenvalue weighted by atomic mass is 35.5. The maximum Gasteiger partial charge on any atom is 0.260 e. The van der Waals surface area contributed by atoms with Crippen LogP contribution in [-0.2, 0) is 9.53 Å². The van der Waals surface area contributed by atoms with Crippen LogP contribution in [0.4, 0.5) is 0 Å². The zero-order chi connectivity index (χ0) is 15.1. The number of rotatable bonds is 7. The third-order valence-electron chi connectivity index (χ3n) is 2.76. The Morgan fingerprint density at radius 1 is 1.45 bits per heavy atom. The smallest absolute Gasteiger partial charge is 0.260 e. The van der Waals surface area contributed by atoms with Crippen LogP contribution in [0.3, 0.4) is 0 Å². The van der Waals surface area contributed by atoms with Gasteiger partial charge in [-0.3, -0.25) is 4.79 Å². The molecule has 0 spiro atoms. The monoisotopic (exact) mass is 300 g/mol. The molecule has 0 aromatic heterocycles. The van der Waals surface area contributed by atoms with E-state index in [-0.39, 0.29) is 11.9 Å². The Kier molecular flexibility index (Phi) is 6.78. The van der Waals surface area contributed by atoms with Crippen molar-refractivity contribution in [3.63, 3.8) is 0 Å². The lowest BCUT2D eigenvalue weighted by molar-refractivity contribution is -0.127. The van der Waals surface area contributed by atoms with Crippen molar-refractivity contribution in [2.24, 2.45) is 5.73 Å². The lowest BCUT2D eigenvalue weighted by Crippen LogP contribution is -2.37. The van der Waals surface area contributed by atoms with E-state index in [4.69, 9.17) is 26.8 Å². The molecule has 0 bridgehead atoms. The van der Waals surface area contributed by atoms with Crippen LogP contribution in [0.25, 0.3) is 0 Å². The Morgan fingerprint density at radius 3 is 2.70 bits per heavy atom. The van der Waals surface area contributed by atoms with Crippen LogP contribution in [0.1, 0.15) is 25.5 Å². The number of nitrogens with two attached hydrogens (primary N) is 1. The maximum absolute atomic E-state index is 11.8. The average Bonchev–Trinajstić information content (AvgIpc) is 2.40. The van der Waals surface area contributed by atoms with Crippen molar-refractivity contribution in [3.8, 4) is 5.75 Å².